The van der Waals surface area contributed by atoms with Crippen molar-refractivity contribution in [2.24, 2.45) is 0 Å². The van der Waals surface area contributed by atoms with Gasteiger partial charge in [0, 0.05) is 17.1 Å². The van der Waals surface area contributed by atoms with Gasteiger partial charge < -0.3 is 0 Å². The Hall–Kier alpha value is 1.54. The van der Waals surface area contributed by atoms with Crippen LogP contribution in [0.3, 0.4) is 0 Å². The van der Waals surface area contributed by atoms with Crippen molar-refractivity contribution in [1.82, 2.24) is 0 Å². The third-order valence-corrected chi connectivity index (χ3v) is 0. The molecule has 0 nitrogen and oxygen atoms in total. The fourth-order valence-electron chi connectivity index (χ4n) is 0. The van der Waals surface area contributed by atoms with E-state index >= 15 is 0 Å². The summed E-state index contributed by atoms with van der Waals surface area (Å²) in [6.45, 7) is 0. The molecular weight excluding hydrogens is 215 g/mol. The third kappa shape index (κ3) is 9.64. The quantitative estimate of drug-likeness (QED) is 0.429. The van der Waals surface area contributed by atoms with E-state index in [1.165, 1.54) is 0 Å². The molecule has 2 radical (unpaired) electrons. The van der Waals surface area contributed by atoms with Crippen LogP contribution >= 0.6 is 0 Å². The molecule has 0 bridgehead atoms. The van der Waals surface area contributed by atoms with Crippen LogP contribution < -0.4 is 0 Å². The van der Waals surface area contributed by atoms with Crippen molar-refractivity contribution < 1.29 is 17.1 Å². The molecule has 0 aromatic carbocycles. The second-order valence-electron chi connectivity index (χ2n) is 0. The van der Waals surface area contributed by atoms with Crippen LogP contribution in [0.2, 0.25) is 0 Å². The molecule has 0 spiro atoms. The van der Waals surface area contributed by atoms with Crippen molar-refractivity contribution in [3.8, 4) is 0 Å². The molecule has 0 aliphatic carbocycles. The zero-order chi connectivity index (χ0) is 0. The van der Waals surface area contributed by atoms with Crippen LogP contribution in [0.15, 0.2) is 0 Å². The second-order valence-corrected chi connectivity index (χ2v) is 0. The van der Waals surface area contributed by atoms with E-state index in [2.05, 4.69) is 0 Å². The van der Waals surface area contributed by atoms with Crippen LogP contribution in [0.1, 0.15) is 7.43 Å². The van der Waals surface area contributed by atoms with Gasteiger partial charge in [0.15, 0.2) is 0 Å². The molecule has 0 atom stereocenters. The van der Waals surface area contributed by atoms with E-state index in [-0.39, 0.29) is 59.4 Å². The molecule has 0 N–H and O–H groups in total. The first-order valence-corrected chi connectivity index (χ1v) is 0. The van der Waals surface area contributed by atoms with E-state index in [1.54, 1.807) is 0 Å². The van der Waals surface area contributed by atoms with Gasteiger partial charge in [-0.05, 0) is 11.0 Å². The van der Waals surface area contributed by atoms with Crippen molar-refractivity contribution in [2.75, 3.05) is 0 Å². The van der Waals surface area contributed by atoms with Crippen molar-refractivity contribution in [3.05, 3.63) is 0 Å². The fourth-order valence-corrected chi connectivity index (χ4v) is 0. The van der Waals surface area contributed by atoms with Gasteiger partial charge in [0.2, 0.25) is 0 Å². The number of rotatable bonds is 0. The predicted molar refractivity (Wildman–Crippen MR) is 26.6 cm³/mol. The van der Waals surface area contributed by atoms with Crippen LogP contribution in [0.4, 0.5) is 0 Å². The van der Waals surface area contributed by atoms with Gasteiger partial charge in [-0.2, -0.15) is 0 Å². The third-order valence-electron chi connectivity index (χ3n) is 0. The SMILES string of the molecule is C.[Fe].[SiH4].[SnH2]. The molecule has 0 rings (SSSR count). The molecule has 0 aromatic rings. The molecule has 0 saturated carbocycles. The monoisotopic (exact) mass is 226 g/mol. The zero-order valence-corrected chi connectivity index (χ0v) is 6.20. The Labute approximate surface area is 59.2 Å². The van der Waals surface area contributed by atoms with Crippen LogP contribution in [0.5, 0.6) is 0 Å². The second kappa shape index (κ2) is 24.1. The van der Waals surface area contributed by atoms with Crippen molar-refractivity contribution in [3.63, 3.8) is 0 Å². The summed E-state index contributed by atoms with van der Waals surface area (Å²) in [5.41, 5.74) is 0. The van der Waals surface area contributed by atoms with Crippen LogP contribution in [0.25, 0.3) is 0 Å². The standard InChI is InChI=1S/CH4.Fe.H4Si.Sn.2H/h1H4;;1H4;;;. The Morgan fingerprint density at radius 1 is 1.00 bits per heavy atom. The van der Waals surface area contributed by atoms with Gasteiger partial charge in [-0.25, -0.2) is 0 Å². The summed E-state index contributed by atoms with van der Waals surface area (Å²) in [4.78, 5) is 0. The minimum atomic E-state index is 0. The molecule has 0 saturated heterocycles. The summed E-state index contributed by atoms with van der Waals surface area (Å²) in [5.74, 6) is 0. The molecule has 3 heteroatoms. The van der Waals surface area contributed by atoms with Crippen LogP contribution in [-0.2, 0) is 17.1 Å². The fraction of sp³-hybridized carbons (Fsp3) is 1.00. The summed E-state index contributed by atoms with van der Waals surface area (Å²) in [6.07, 6.45) is 0. The van der Waals surface area contributed by atoms with Crippen LogP contribution in [-0.4, -0.2) is 34.9 Å². The summed E-state index contributed by atoms with van der Waals surface area (Å²) in [7, 11) is 0. The van der Waals surface area contributed by atoms with Crippen LogP contribution in [0, 0.1) is 0 Å². The maximum absolute atomic E-state index is 0. The molecular formula is CH10FeSiSn. The van der Waals surface area contributed by atoms with Gasteiger partial charge in [-0.15, -0.1) is 0 Å². The molecule has 4 heavy (non-hydrogen) atoms. The summed E-state index contributed by atoms with van der Waals surface area (Å²) in [6, 6.07) is 0. The first-order chi connectivity index (χ1) is 0. The van der Waals surface area contributed by atoms with E-state index in [1.807, 2.05) is 0 Å². The molecule has 30 valence electrons. The van der Waals surface area contributed by atoms with Gasteiger partial charge in [0.05, 0.1) is 0 Å². The summed E-state index contributed by atoms with van der Waals surface area (Å²) >= 11 is 0. The minimum absolute atomic E-state index is 0. The summed E-state index contributed by atoms with van der Waals surface area (Å²) in [5, 5.41) is 0. The Balaban J connectivity index is 0. The van der Waals surface area contributed by atoms with Gasteiger partial charge in [-0.3, -0.25) is 0 Å². The molecule has 0 aliphatic heterocycles. The summed E-state index contributed by atoms with van der Waals surface area (Å²) < 4.78 is 0. The molecule has 0 amide bonds. The Morgan fingerprint density at radius 2 is 1.00 bits per heavy atom. The van der Waals surface area contributed by atoms with Gasteiger partial charge >= 0.3 is 23.9 Å². The zero-order valence-electron chi connectivity index (χ0n) is 1.06. The first kappa shape index (κ1) is 48.3. The molecule has 0 aliphatic rings. The number of hydrogen-bond donors (Lipinski definition) is 0. The van der Waals surface area contributed by atoms with Crippen molar-refractivity contribution in [2.45, 2.75) is 7.43 Å². The van der Waals surface area contributed by atoms with Crippen molar-refractivity contribution in [1.29, 1.82) is 0 Å². The number of hydrogen-bond acceptors (Lipinski definition) is 0. The Morgan fingerprint density at radius 3 is 1.00 bits per heavy atom. The van der Waals surface area contributed by atoms with E-state index in [9.17, 15) is 0 Å². The van der Waals surface area contributed by atoms with Gasteiger partial charge in [0.25, 0.3) is 0 Å². The maximum atomic E-state index is 0. The van der Waals surface area contributed by atoms with E-state index in [0.717, 1.165) is 0 Å². The first-order valence-electron chi connectivity index (χ1n) is 0. The average molecular weight is 225 g/mol. The molecule has 0 heterocycles. The topological polar surface area (TPSA) is 0 Å². The Bertz CT molecular complexity index is 8.00. The molecule has 0 unspecified atom stereocenters. The normalized spacial score (nSPS) is 0. The van der Waals surface area contributed by atoms with Gasteiger partial charge in [0.1, 0.15) is 0 Å². The van der Waals surface area contributed by atoms with Crippen molar-refractivity contribution >= 4 is 34.9 Å². The van der Waals surface area contributed by atoms with Gasteiger partial charge in [-0.1, -0.05) is 7.43 Å². The van der Waals surface area contributed by atoms with E-state index in [0.29, 0.717) is 0 Å². The molecule has 0 fully saturated rings. The Kier molecular flexibility index (Phi) is 290. The average Bonchev–Trinajstić information content (AvgIpc) is 0. The molecule has 0 aromatic heterocycles. The van der Waals surface area contributed by atoms with E-state index in [4.69, 9.17) is 0 Å². The van der Waals surface area contributed by atoms with E-state index < -0.39 is 0 Å². The predicted octanol–water partition coefficient (Wildman–Crippen LogP) is -1.73.